The first-order valence-corrected chi connectivity index (χ1v) is 6.02. The van der Waals surface area contributed by atoms with E-state index in [1.807, 2.05) is 6.92 Å². The molecule has 4 heteroatoms. The third kappa shape index (κ3) is 3.56. The van der Waals surface area contributed by atoms with Crippen molar-refractivity contribution in [2.45, 2.75) is 32.3 Å². The van der Waals surface area contributed by atoms with Crippen LogP contribution in [0.1, 0.15) is 36.2 Å². The molecular formula is C13H15ClO3. The molecule has 0 aliphatic rings. The monoisotopic (exact) mass is 254 g/mol. The fourth-order valence-electron chi connectivity index (χ4n) is 1.29. The number of esters is 1. The van der Waals surface area contributed by atoms with E-state index in [4.69, 9.17) is 16.3 Å². The van der Waals surface area contributed by atoms with Crippen LogP contribution >= 0.6 is 11.6 Å². The van der Waals surface area contributed by atoms with Gasteiger partial charge in [-0.15, -0.1) is 11.6 Å². The lowest BCUT2D eigenvalue weighted by atomic mass is 10.1. The standard InChI is InChI=1S/C13H15ClO3/c1-3-9(2)17-13(16)12(15)11-7-5-4-6-10(11)8-14/h4-7,9H,3,8H2,1-2H3. The highest BCUT2D eigenvalue weighted by Crippen LogP contribution is 2.13. The van der Waals surface area contributed by atoms with Crippen molar-refractivity contribution >= 4 is 23.4 Å². The van der Waals surface area contributed by atoms with Crippen molar-refractivity contribution < 1.29 is 14.3 Å². The molecule has 17 heavy (non-hydrogen) atoms. The first-order valence-electron chi connectivity index (χ1n) is 5.49. The van der Waals surface area contributed by atoms with Crippen molar-refractivity contribution in [2.24, 2.45) is 0 Å². The van der Waals surface area contributed by atoms with Crippen molar-refractivity contribution in [3.8, 4) is 0 Å². The quantitative estimate of drug-likeness (QED) is 0.351. The van der Waals surface area contributed by atoms with Crippen molar-refractivity contribution in [1.29, 1.82) is 0 Å². The average Bonchev–Trinajstić information content (AvgIpc) is 2.37. The Morgan fingerprint density at radius 1 is 1.35 bits per heavy atom. The molecule has 1 rings (SSSR count). The number of ketones is 1. The minimum Gasteiger partial charge on any atom is -0.457 e. The number of carbonyl (C=O) groups excluding carboxylic acids is 2. The van der Waals surface area contributed by atoms with Crippen LogP contribution in [0.5, 0.6) is 0 Å². The summed E-state index contributed by atoms with van der Waals surface area (Å²) >= 11 is 5.71. The molecule has 0 fully saturated rings. The van der Waals surface area contributed by atoms with Gasteiger partial charge in [-0.25, -0.2) is 4.79 Å². The van der Waals surface area contributed by atoms with E-state index >= 15 is 0 Å². The number of Topliss-reactive ketones (excluding diaryl/α,β-unsaturated/α-hetero) is 1. The smallest absolute Gasteiger partial charge is 0.379 e. The number of ether oxygens (including phenoxy) is 1. The summed E-state index contributed by atoms with van der Waals surface area (Å²) in [5.74, 6) is -1.27. The molecule has 0 radical (unpaired) electrons. The average molecular weight is 255 g/mol. The molecule has 92 valence electrons. The lowest BCUT2D eigenvalue weighted by Crippen LogP contribution is -2.23. The summed E-state index contributed by atoms with van der Waals surface area (Å²) in [5, 5.41) is 0. The Morgan fingerprint density at radius 2 is 2.00 bits per heavy atom. The van der Waals surface area contributed by atoms with E-state index < -0.39 is 11.8 Å². The van der Waals surface area contributed by atoms with Gasteiger partial charge >= 0.3 is 5.97 Å². The largest absolute Gasteiger partial charge is 0.457 e. The number of halogens is 1. The van der Waals surface area contributed by atoms with Crippen LogP contribution in [-0.4, -0.2) is 17.9 Å². The van der Waals surface area contributed by atoms with Crippen LogP contribution in [0, 0.1) is 0 Å². The molecule has 0 amide bonds. The van der Waals surface area contributed by atoms with Gasteiger partial charge in [0, 0.05) is 11.4 Å². The van der Waals surface area contributed by atoms with Gasteiger partial charge in [-0.3, -0.25) is 4.79 Å². The molecule has 0 aliphatic carbocycles. The molecule has 0 bridgehead atoms. The maximum absolute atomic E-state index is 11.8. The highest BCUT2D eigenvalue weighted by Gasteiger charge is 2.21. The topological polar surface area (TPSA) is 43.4 Å². The van der Waals surface area contributed by atoms with E-state index in [-0.39, 0.29) is 12.0 Å². The molecule has 0 saturated heterocycles. The van der Waals surface area contributed by atoms with Crippen LogP contribution in [0.3, 0.4) is 0 Å². The van der Waals surface area contributed by atoms with Gasteiger partial charge in [0.05, 0.1) is 6.10 Å². The van der Waals surface area contributed by atoms with E-state index in [0.29, 0.717) is 17.5 Å². The summed E-state index contributed by atoms with van der Waals surface area (Å²) in [6.45, 7) is 3.63. The van der Waals surface area contributed by atoms with Gasteiger partial charge in [-0.05, 0) is 18.9 Å². The summed E-state index contributed by atoms with van der Waals surface area (Å²) in [6.07, 6.45) is 0.422. The number of hydrogen-bond donors (Lipinski definition) is 0. The second kappa shape index (κ2) is 6.40. The molecule has 3 nitrogen and oxygen atoms in total. The third-order valence-electron chi connectivity index (χ3n) is 2.47. The Bertz CT molecular complexity index is 415. The van der Waals surface area contributed by atoms with Crippen molar-refractivity contribution in [3.05, 3.63) is 35.4 Å². The van der Waals surface area contributed by atoms with Gasteiger partial charge in [0.1, 0.15) is 0 Å². The normalized spacial score (nSPS) is 11.9. The summed E-state index contributed by atoms with van der Waals surface area (Å²) in [5.41, 5.74) is 0.955. The SMILES string of the molecule is CCC(C)OC(=O)C(=O)c1ccccc1CCl. The first-order chi connectivity index (χ1) is 8.10. The van der Waals surface area contributed by atoms with Gasteiger partial charge in [0.2, 0.25) is 0 Å². The second-order valence-electron chi connectivity index (χ2n) is 3.74. The molecule has 0 aliphatic heterocycles. The molecule has 1 aromatic carbocycles. The van der Waals surface area contributed by atoms with Crippen molar-refractivity contribution in [1.82, 2.24) is 0 Å². The number of carbonyl (C=O) groups is 2. The number of benzene rings is 1. The Morgan fingerprint density at radius 3 is 2.59 bits per heavy atom. The van der Waals surface area contributed by atoms with Gasteiger partial charge in [-0.2, -0.15) is 0 Å². The zero-order chi connectivity index (χ0) is 12.8. The molecule has 0 saturated carbocycles. The molecule has 1 aromatic rings. The molecule has 0 spiro atoms. The predicted octanol–water partition coefficient (Wildman–Crippen LogP) is 2.95. The lowest BCUT2D eigenvalue weighted by molar-refractivity contribution is -0.142. The first kappa shape index (κ1) is 13.7. The Labute approximate surface area is 106 Å². The summed E-state index contributed by atoms with van der Waals surface area (Å²) < 4.78 is 4.98. The minimum atomic E-state index is -0.822. The van der Waals surface area contributed by atoms with Crippen LogP contribution in [0.4, 0.5) is 0 Å². The van der Waals surface area contributed by atoms with E-state index in [9.17, 15) is 9.59 Å². The third-order valence-corrected chi connectivity index (χ3v) is 2.76. The Kier molecular flexibility index (Phi) is 5.16. The van der Waals surface area contributed by atoms with Crippen LogP contribution < -0.4 is 0 Å². The fraction of sp³-hybridized carbons (Fsp3) is 0.385. The Balaban J connectivity index is 2.85. The zero-order valence-electron chi connectivity index (χ0n) is 9.90. The van der Waals surface area contributed by atoms with Crippen LogP contribution in [0.25, 0.3) is 0 Å². The van der Waals surface area contributed by atoms with Crippen molar-refractivity contribution in [2.75, 3.05) is 0 Å². The van der Waals surface area contributed by atoms with E-state index in [0.717, 1.165) is 0 Å². The molecule has 1 unspecified atom stereocenters. The number of rotatable bonds is 5. The highest BCUT2D eigenvalue weighted by molar-refractivity contribution is 6.41. The molecular weight excluding hydrogens is 240 g/mol. The Hall–Kier alpha value is -1.35. The second-order valence-corrected chi connectivity index (χ2v) is 4.01. The minimum absolute atomic E-state index is 0.193. The highest BCUT2D eigenvalue weighted by atomic mass is 35.5. The van der Waals surface area contributed by atoms with E-state index in [2.05, 4.69) is 0 Å². The van der Waals surface area contributed by atoms with Crippen LogP contribution in [0.2, 0.25) is 0 Å². The van der Waals surface area contributed by atoms with E-state index in [1.165, 1.54) is 0 Å². The van der Waals surface area contributed by atoms with Crippen LogP contribution in [0.15, 0.2) is 24.3 Å². The predicted molar refractivity (Wildman–Crippen MR) is 66.2 cm³/mol. The maximum atomic E-state index is 11.8. The zero-order valence-corrected chi connectivity index (χ0v) is 10.7. The lowest BCUT2D eigenvalue weighted by Gasteiger charge is -2.10. The summed E-state index contributed by atoms with van der Waals surface area (Å²) in [6, 6.07) is 6.77. The fourth-order valence-corrected chi connectivity index (χ4v) is 1.52. The summed E-state index contributed by atoms with van der Waals surface area (Å²) in [4.78, 5) is 23.4. The summed E-state index contributed by atoms with van der Waals surface area (Å²) in [7, 11) is 0. The number of alkyl halides is 1. The van der Waals surface area contributed by atoms with E-state index in [1.54, 1.807) is 31.2 Å². The maximum Gasteiger partial charge on any atom is 0.379 e. The molecule has 0 heterocycles. The molecule has 0 N–H and O–H groups in total. The van der Waals surface area contributed by atoms with Crippen molar-refractivity contribution in [3.63, 3.8) is 0 Å². The van der Waals surface area contributed by atoms with Gasteiger partial charge in [0.15, 0.2) is 0 Å². The van der Waals surface area contributed by atoms with Gasteiger partial charge < -0.3 is 4.74 Å². The van der Waals surface area contributed by atoms with Gasteiger partial charge in [0.25, 0.3) is 5.78 Å². The number of hydrogen-bond acceptors (Lipinski definition) is 3. The van der Waals surface area contributed by atoms with Gasteiger partial charge in [-0.1, -0.05) is 31.2 Å². The van der Waals surface area contributed by atoms with Crippen LogP contribution in [-0.2, 0) is 15.4 Å². The molecule has 1 atom stereocenters. The molecule has 0 aromatic heterocycles.